The van der Waals surface area contributed by atoms with E-state index in [0.717, 1.165) is 17.8 Å². The minimum absolute atomic E-state index is 0.550. The number of nitrogens with zero attached hydrogens (tertiary/aromatic N) is 1. The van der Waals surface area contributed by atoms with E-state index >= 15 is 0 Å². The van der Waals surface area contributed by atoms with Gasteiger partial charge in [0, 0.05) is 5.69 Å². The maximum atomic E-state index is 8.77. The van der Waals surface area contributed by atoms with Gasteiger partial charge in [-0.1, -0.05) is 30.7 Å². The molecule has 18 heavy (non-hydrogen) atoms. The Bertz CT molecular complexity index is 582. The van der Waals surface area contributed by atoms with Gasteiger partial charge in [0.15, 0.2) is 0 Å². The number of benzene rings is 2. The van der Waals surface area contributed by atoms with Gasteiger partial charge in [-0.05, 0) is 42.3 Å². The van der Waals surface area contributed by atoms with Crippen molar-refractivity contribution in [1.82, 2.24) is 0 Å². The standard InChI is InChI=1S/C15H13ClN2/c1-2-11-3-6-13(7-4-11)18-15-8-5-12(10-17)9-14(15)16/h3-9,18H,2H2,1H3. The van der Waals surface area contributed by atoms with E-state index in [0.29, 0.717) is 10.6 Å². The van der Waals surface area contributed by atoms with Crippen molar-refractivity contribution in [3.8, 4) is 6.07 Å². The smallest absolute Gasteiger partial charge is 0.0992 e. The number of aryl methyl sites for hydroxylation is 1. The van der Waals surface area contributed by atoms with Crippen LogP contribution >= 0.6 is 11.6 Å². The van der Waals surface area contributed by atoms with Crippen LogP contribution in [0.15, 0.2) is 42.5 Å². The Balaban J connectivity index is 2.20. The minimum atomic E-state index is 0.550. The molecule has 0 heterocycles. The van der Waals surface area contributed by atoms with Crippen LogP contribution in [0.4, 0.5) is 11.4 Å². The molecule has 2 aromatic carbocycles. The van der Waals surface area contributed by atoms with Gasteiger partial charge >= 0.3 is 0 Å². The zero-order chi connectivity index (χ0) is 13.0. The van der Waals surface area contributed by atoms with Crippen molar-refractivity contribution in [2.75, 3.05) is 5.32 Å². The predicted molar refractivity (Wildman–Crippen MR) is 75.3 cm³/mol. The van der Waals surface area contributed by atoms with Crippen molar-refractivity contribution in [1.29, 1.82) is 5.26 Å². The maximum absolute atomic E-state index is 8.77. The van der Waals surface area contributed by atoms with E-state index in [1.807, 2.05) is 18.2 Å². The Labute approximate surface area is 112 Å². The molecule has 0 saturated heterocycles. The average molecular weight is 257 g/mol. The second-order valence-electron chi connectivity index (χ2n) is 3.98. The highest BCUT2D eigenvalue weighted by Gasteiger charge is 2.02. The van der Waals surface area contributed by atoms with Gasteiger partial charge in [-0.15, -0.1) is 0 Å². The molecular weight excluding hydrogens is 244 g/mol. The van der Waals surface area contributed by atoms with Crippen molar-refractivity contribution < 1.29 is 0 Å². The maximum Gasteiger partial charge on any atom is 0.0992 e. The molecule has 90 valence electrons. The number of nitrogens with one attached hydrogen (secondary N) is 1. The summed E-state index contributed by atoms with van der Waals surface area (Å²) >= 11 is 6.10. The van der Waals surface area contributed by atoms with E-state index in [4.69, 9.17) is 16.9 Å². The molecule has 0 bridgehead atoms. The van der Waals surface area contributed by atoms with Crippen molar-refractivity contribution in [3.05, 3.63) is 58.6 Å². The van der Waals surface area contributed by atoms with E-state index in [1.165, 1.54) is 5.56 Å². The molecule has 1 N–H and O–H groups in total. The van der Waals surface area contributed by atoms with Crippen molar-refractivity contribution in [2.24, 2.45) is 0 Å². The Hall–Kier alpha value is -1.98. The van der Waals surface area contributed by atoms with Crippen LogP contribution in [0, 0.1) is 11.3 Å². The summed E-state index contributed by atoms with van der Waals surface area (Å²) in [4.78, 5) is 0. The molecule has 0 radical (unpaired) electrons. The molecule has 0 spiro atoms. The van der Waals surface area contributed by atoms with Gasteiger partial charge in [-0.2, -0.15) is 5.26 Å². The van der Waals surface area contributed by atoms with Crippen LogP contribution in [0.1, 0.15) is 18.1 Å². The number of hydrogen-bond acceptors (Lipinski definition) is 2. The van der Waals surface area contributed by atoms with Crippen LogP contribution in [-0.2, 0) is 6.42 Å². The Morgan fingerprint density at radius 3 is 2.44 bits per heavy atom. The molecule has 0 amide bonds. The van der Waals surface area contributed by atoms with Crippen LogP contribution in [0.3, 0.4) is 0 Å². The van der Waals surface area contributed by atoms with Crippen molar-refractivity contribution in [3.63, 3.8) is 0 Å². The first kappa shape index (κ1) is 12.5. The third-order valence-electron chi connectivity index (χ3n) is 2.74. The molecule has 0 aliphatic heterocycles. The zero-order valence-corrected chi connectivity index (χ0v) is 10.8. The lowest BCUT2D eigenvalue weighted by Gasteiger charge is -2.09. The molecule has 0 aliphatic carbocycles. The van der Waals surface area contributed by atoms with E-state index in [2.05, 4.69) is 30.4 Å². The molecule has 0 aliphatic rings. The fourth-order valence-corrected chi connectivity index (χ4v) is 1.89. The van der Waals surface area contributed by atoms with E-state index in [1.54, 1.807) is 12.1 Å². The van der Waals surface area contributed by atoms with E-state index < -0.39 is 0 Å². The monoisotopic (exact) mass is 256 g/mol. The lowest BCUT2D eigenvalue weighted by molar-refractivity contribution is 1.14. The SMILES string of the molecule is CCc1ccc(Nc2ccc(C#N)cc2Cl)cc1. The first-order valence-electron chi connectivity index (χ1n) is 5.78. The summed E-state index contributed by atoms with van der Waals surface area (Å²) in [7, 11) is 0. The Morgan fingerprint density at radius 1 is 1.17 bits per heavy atom. The minimum Gasteiger partial charge on any atom is -0.354 e. The number of nitriles is 1. The number of rotatable bonds is 3. The average Bonchev–Trinajstić information content (AvgIpc) is 2.42. The predicted octanol–water partition coefficient (Wildman–Crippen LogP) is 4.52. The van der Waals surface area contributed by atoms with Crippen LogP contribution < -0.4 is 5.32 Å². The van der Waals surface area contributed by atoms with Gasteiger partial charge in [0.05, 0.1) is 22.3 Å². The second kappa shape index (κ2) is 5.57. The first-order chi connectivity index (χ1) is 8.72. The highest BCUT2D eigenvalue weighted by molar-refractivity contribution is 6.33. The highest BCUT2D eigenvalue weighted by atomic mass is 35.5. The molecular formula is C15H13ClN2. The Kier molecular flexibility index (Phi) is 3.86. The molecule has 0 fully saturated rings. The summed E-state index contributed by atoms with van der Waals surface area (Å²) in [6, 6.07) is 15.5. The van der Waals surface area contributed by atoms with E-state index in [-0.39, 0.29) is 0 Å². The summed E-state index contributed by atoms with van der Waals surface area (Å²) in [5, 5.41) is 12.6. The normalized spacial score (nSPS) is 9.83. The molecule has 0 unspecified atom stereocenters. The fraction of sp³-hybridized carbons (Fsp3) is 0.133. The van der Waals surface area contributed by atoms with Gasteiger partial charge in [0.1, 0.15) is 0 Å². The fourth-order valence-electron chi connectivity index (χ4n) is 1.67. The van der Waals surface area contributed by atoms with Gasteiger partial charge in [0.25, 0.3) is 0 Å². The van der Waals surface area contributed by atoms with E-state index in [9.17, 15) is 0 Å². The number of hydrogen-bond donors (Lipinski definition) is 1. The van der Waals surface area contributed by atoms with Gasteiger partial charge in [-0.3, -0.25) is 0 Å². The third kappa shape index (κ3) is 2.82. The second-order valence-corrected chi connectivity index (χ2v) is 4.39. The quantitative estimate of drug-likeness (QED) is 0.877. The largest absolute Gasteiger partial charge is 0.354 e. The summed E-state index contributed by atoms with van der Waals surface area (Å²) in [6.07, 6.45) is 1.03. The first-order valence-corrected chi connectivity index (χ1v) is 6.16. The summed E-state index contributed by atoms with van der Waals surface area (Å²) < 4.78 is 0. The molecule has 2 aromatic rings. The number of anilines is 2. The lowest BCUT2D eigenvalue weighted by atomic mass is 10.1. The van der Waals surface area contributed by atoms with Gasteiger partial charge < -0.3 is 5.32 Å². The third-order valence-corrected chi connectivity index (χ3v) is 3.05. The van der Waals surface area contributed by atoms with Crippen LogP contribution in [0.2, 0.25) is 5.02 Å². The van der Waals surface area contributed by atoms with Gasteiger partial charge in [-0.25, -0.2) is 0 Å². The summed E-state index contributed by atoms with van der Waals surface area (Å²) in [5.74, 6) is 0. The lowest BCUT2D eigenvalue weighted by Crippen LogP contribution is -1.92. The topological polar surface area (TPSA) is 35.8 Å². The van der Waals surface area contributed by atoms with Gasteiger partial charge in [0.2, 0.25) is 0 Å². The Morgan fingerprint density at radius 2 is 1.89 bits per heavy atom. The van der Waals surface area contributed by atoms with Crippen LogP contribution in [-0.4, -0.2) is 0 Å². The van der Waals surface area contributed by atoms with Crippen molar-refractivity contribution >= 4 is 23.0 Å². The molecule has 3 heteroatoms. The summed E-state index contributed by atoms with van der Waals surface area (Å²) in [5.41, 5.74) is 3.65. The molecule has 2 rings (SSSR count). The zero-order valence-electron chi connectivity index (χ0n) is 10.1. The highest BCUT2D eigenvalue weighted by Crippen LogP contribution is 2.26. The van der Waals surface area contributed by atoms with Crippen LogP contribution in [0.5, 0.6) is 0 Å². The van der Waals surface area contributed by atoms with Crippen molar-refractivity contribution in [2.45, 2.75) is 13.3 Å². The molecule has 0 saturated carbocycles. The summed E-state index contributed by atoms with van der Waals surface area (Å²) in [6.45, 7) is 2.12. The molecule has 0 aromatic heterocycles. The number of halogens is 1. The van der Waals surface area contributed by atoms with Crippen LogP contribution in [0.25, 0.3) is 0 Å². The molecule has 0 atom stereocenters. The molecule has 2 nitrogen and oxygen atoms in total.